The van der Waals surface area contributed by atoms with E-state index in [0.29, 0.717) is 13.1 Å². The average molecular weight is 341 g/mol. The van der Waals surface area contributed by atoms with Gasteiger partial charge in [0.15, 0.2) is 0 Å². The predicted molar refractivity (Wildman–Crippen MR) is 84.6 cm³/mol. The van der Waals surface area contributed by atoms with Gasteiger partial charge in [0.1, 0.15) is 5.60 Å². The van der Waals surface area contributed by atoms with Crippen molar-refractivity contribution < 1.29 is 17.9 Å². The second-order valence-corrected chi connectivity index (χ2v) is 8.68. The first kappa shape index (κ1) is 17.7. The van der Waals surface area contributed by atoms with Crippen molar-refractivity contribution in [3.8, 4) is 0 Å². The fraction of sp³-hybridized carbons (Fsp3) is 0.667. The standard InChI is InChI=1S/C15H23N3O4S/c1-15(2,3)22-14(19)18-9-4-6-12(10-18)11-23(20,21)13-16-7-5-8-17-13/h5,7-8,12H,4,6,9-11H2,1-3H3/t12-/m0/s1. The van der Waals surface area contributed by atoms with Crippen LogP contribution in [-0.4, -0.2) is 53.8 Å². The van der Waals surface area contributed by atoms with E-state index in [1.165, 1.54) is 12.4 Å². The van der Waals surface area contributed by atoms with Gasteiger partial charge in [0, 0.05) is 25.5 Å². The summed E-state index contributed by atoms with van der Waals surface area (Å²) in [6, 6.07) is 1.57. The van der Waals surface area contributed by atoms with Gasteiger partial charge < -0.3 is 9.64 Å². The largest absolute Gasteiger partial charge is 0.444 e. The summed E-state index contributed by atoms with van der Waals surface area (Å²) >= 11 is 0. The van der Waals surface area contributed by atoms with Crippen LogP contribution in [0.2, 0.25) is 0 Å². The van der Waals surface area contributed by atoms with Crippen LogP contribution in [0.3, 0.4) is 0 Å². The molecule has 0 radical (unpaired) electrons. The van der Waals surface area contributed by atoms with E-state index in [4.69, 9.17) is 4.74 Å². The third-order valence-corrected chi connectivity index (χ3v) is 5.12. The molecule has 128 valence electrons. The summed E-state index contributed by atoms with van der Waals surface area (Å²) in [7, 11) is -3.55. The lowest BCUT2D eigenvalue weighted by molar-refractivity contribution is 0.0176. The minimum absolute atomic E-state index is 0.0592. The quantitative estimate of drug-likeness (QED) is 0.780. The molecule has 0 bridgehead atoms. The highest BCUT2D eigenvalue weighted by molar-refractivity contribution is 7.91. The van der Waals surface area contributed by atoms with Crippen LogP contribution in [0.5, 0.6) is 0 Å². The van der Waals surface area contributed by atoms with Crippen LogP contribution in [0.15, 0.2) is 23.6 Å². The molecule has 1 aromatic heterocycles. The molecule has 8 heteroatoms. The van der Waals surface area contributed by atoms with E-state index >= 15 is 0 Å². The fourth-order valence-corrected chi connectivity index (χ4v) is 4.01. The summed E-state index contributed by atoms with van der Waals surface area (Å²) in [6.07, 6.45) is 3.94. The van der Waals surface area contributed by atoms with E-state index in [2.05, 4.69) is 9.97 Å². The topological polar surface area (TPSA) is 89.5 Å². The first-order chi connectivity index (χ1) is 10.7. The molecule has 0 aromatic carbocycles. The van der Waals surface area contributed by atoms with Crippen LogP contribution in [0.1, 0.15) is 33.6 Å². The molecule has 1 amide bonds. The summed E-state index contributed by atoms with van der Waals surface area (Å²) < 4.78 is 30.0. The van der Waals surface area contributed by atoms with Crippen LogP contribution >= 0.6 is 0 Å². The van der Waals surface area contributed by atoms with Gasteiger partial charge in [0.2, 0.25) is 15.0 Å². The number of amides is 1. The van der Waals surface area contributed by atoms with Gasteiger partial charge in [-0.25, -0.2) is 23.2 Å². The molecule has 23 heavy (non-hydrogen) atoms. The molecule has 7 nitrogen and oxygen atoms in total. The van der Waals surface area contributed by atoms with E-state index in [0.717, 1.165) is 12.8 Å². The Hall–Kier alpha value is -1.70. The normalized spacial score (nSPS) is 19.4. The number of nitrogens with zero attached hydrogens (tertiary/aromatic N) is 3. The highest BCUT2D eigenvalue weighted by Gasteiger charge is 2.31. The van der Waals surface area contributed by atoms with Crippen LogP contribution in [0, 0.1) is 5.92 Å². The molecule has 0 N–H and O–H groups in total. The van der Waals surface area contributed by atoms with Gasteiger partial charge in [-0.15, -0.1) is 0 Å². The Labute approximate surface area is 137 Å². The zero-order chi connectivity index (χ0) is 17.1. The Morgan fingerprint density at radius 3 is 2.61 bits per heavy atom. The SMILES string of the molecule is CC(C)(C)OC(=O)N1CCC[C@H](CS(=O)(=O)c2ncccn2)C1. The maximum Gasteiger partial charge on any atom is 0.410 e. The Balaban J connectivity index is 2.00. The second kappa shape index (κ2) is 6.82. The number of carbonyl (C=O) groups is 1. The summed E-state index contributed by atoms with van der Waals surface area (Å²) in [4.78, 5) is 21.3. The number of rotatable bonds is 3. The average Bonchev–Trinajstić information content (AvgIpc) is 2.46. The number of piperidine rings is 1. The fourth-order valence-electron chi connectivity index (χ4n) is 2.52. The first-order valence-corrected chi connectivity index (χ1v) is 9.30. The van der Waals surface area contributed by atoms with Crippen molar-refractivity contribution in [2.75, 3.05) is 18.8 Å². The maximum atomic E-state index is 12.3. The van der Waals surface area contributed by atoms with Gasteiger partial charge in [-0.2, -0.15) is 0 Å². The van der Waals surface area contributed by atoms with Crippen molar-refractivity contribution in [2.24, 2.45) is 5.92 Å². The number of aromatic nitrogens is 2. The summed E-state index contributed by atoms with van der Waals surface area (Å²) in [5, 5.41) is -0.158. The molecule has 1 atom stereocenters. The van der Waals surface area contributed by atoms with Crippen molar-refractivity contribution in [3.63, 3.8) is 0 Å². The predicted octanol–water partition coefficient (Wildman–Crippen LogP) is 1.90. The number of likely N-dealkylation sites (tertiary alicyclic amines) is 1. The van der Waals surface area contributed by atoms with Crippen molar-refractivity contribution >= 4 is 15.9 Å². The lowest BCUT2D eigenvalue weighted by Crippen LogP contribution is -2.44. The van der Waals surface area contributed by atoms with Gasteiger partial charge in [0.25, 0.3) is 0 Å². The minimum Gasteiger partial charge on any atom is -0.444 e. The minimum atomic E-state index is -3.55. The molecule has 2 rings (SSSR count). The van der Waals surface area contributed by atoms with Crippen molar-refractivity contribution in [1.29, 1.82) is 0 Å². The molecule has 1 saturated heterocycles. The Bertz CT molecular complexity index is 640. The molecule has 1 aliphatic rings. The smallest absolute Gasteiger partial charge is 0.410 e. The van der Waals surface area contributed by atoms with E-state index in [1.54, 1.807) is 11.0 Å². The van der Waals surface area contributed by atoms with E-state index in [-0.39, 0.29) is 16.8 Å². The zero-order valence-electron chi connectivity index (χ0n) is 13.7. The van der Waals surface area contributed by atoms with Crippen molar-refractivity contribution in [2.45, 2.75) is 44.4 Å². The summed E-state index contributed by atoms with van der Waals surface area (Å²) in [6.45, 7) is 6.39. The maximum absolute atomic E-state index is 12.3. The third kappa shape index (κ3) is 5.16. The van der Waals surface area contributed by atoms with E-state index in [1.807, 2.05) is 20.8 Å². The lowest BCUT2D eigenvalue weighted by Gasteiger charge is -2.33. The zero-order valence-corrected chi connectivity index (χ0v) is 14.5. The monoisotopic (exact) mass is 341 g/mol. The van der Waals surface area contributed by atoms with Crippen molar-refractivity contribution in [3.05, 3.63) is 18.5 Å². The van der Waals surface area contributed by atoms with Crippen LogP contribution in [0.25, 0.3) is 0 Å². The number of hydrogen-bond donors (Lipinski definition) is 0. The van der Waals surface area contributed by atoms with Crippen LogP contribution in [-0.2, 0) is 14.6 Å². The third-order valence-electron chi connectivity index (χ3n) is 3.45. The Morgan fingerprint density at radius 2 is 2.00 bits per heavy atom. The van der Waals surface area contributed by atoms with Crippen LogP contribution in [0.4, 0.5) is 4.79 Å². The highest BCUT2D eigenvalue weighted by Crippen LogP contribution is 2.22. The molecule has 0 aliphatic carbocycles. The first-order valence-electron chi connectivity index (χ1n) is 7.65. The molecule has 1 fully saturated rings. The Kier molecular flexibility index (Phi) is 5.23. The highest BCUT2D eigenvalue weighted by atomic mass is 32.2. The molecule has 2 heterocycles. The van der Waals surface area contributed by atoms with E-state index < -0.39 is 21.5 Å². The molecule has 1 aromatic rings. The van der Waals surface area contributed by atoms with E-state index in [9.17, 15) is 13.2 Å². The number of sulfone groups is 1. The second-order valence-electron chi connectivity index (χ2n) is 6.75. The van der Waals surface area contributed by atoms with Gasteiger partial charge in [-0.3, -0.25) is 0 Å². The van der Waals surface area contributed by atoms with Crippen LogP contribution < -0.4 is 0 Å². The molecule has 0 spiro atoms. The lowest BCUT2D eigenvalue weighted by atomic mass is 10.0. The molecule has 0 unspecified atom stereocenters. The molecule has 0 saturated carbocycles. The number of hydrogen-bond acceptors (Lipinski definition) is 6. The van der Waals surface area contributed by atoms with Gasteiger partial charge >= 0.3 is 6.09 Å². The van der Waals surface area contributed by atoms with Gasteiger partial charge in [0.05, 0.1) is 5.75 Å². The molecular formula is C15H23N3O4S. The number of carbonyl (C=O) groups excluding carboxylic acids is 1. The van der Waals surface area contributed by atoms with Gasteiger partial charge in [-0.05, 0) is 45.6 Å². The van der Waals surface area contributed by atoms with Gasteiger partial charge in [-0.1, -0.05) is 0 Å². The molecule has 1 aliphatic heterocycles. The van der Waals surface area contributed by atoms with Crippen molar-refractivity contribution in [1.82, 2.24) is 14.9 Å². The number of ether oxygens (including phenoxy) is 1. The summed E-state index contributed by atoms with van der Waals surface area (Å²) in [5.74, 6) is -0.193. The molecular weight excluding hydrogens is 318 g/mol. The summed E-state index contributed by atoms with van der Waals surface area (Å²) in [5.41, 5.74) is -0.562. The Morgan fingerprint density at radius 1 is 1.35 bits per heavy atom.